The quantitative estimate of drug-likeness (QED) is 0.825. The Kier molecular flexibility index (Phi) is 5.28. The highest BCUT2D eigenvalue weighted by molar-refractivity contribution is 5.81. The molecule has 0 spiro atoms. The van der Waals surface area contributed by atoms with Gasteiger partial charge in [0.2, 0.25) is 5.91 Å². The fraction of sp³-hybridized carbons (Fsp3) is 0.611. The molecule has 2 saturated heterocycles. The van der Waals surface area contributed by atoms with Crippen LogP contribution in [0.2, 0.25) is 0 Å². The predicted octanol–water partition coefficient (Wildman–Crippen LogP) is 0.205. The molecule has 4 rings (SSSR count). The summed E-state index contributed by atoms with van der Waals surface area (Å²) in [5.74, 6) is 1.13. The zero-order chi connectivity index (χ0) is 18.6. The van der Waals surface area contributed by atoms with E-state index in [-0.39, 0.29) is 17.5 Å². The minimum atomic E-state index is -0.107. The van der Waals surface area contributed by atoms with Crippen LogP contribution in [-0.2, 0) is 11.3 Å². The van der Waals surface area contributed by atoms with Gasteiger partial charge in [0.25, 0.3) is 5.56 Å². The van der Waals surface area contributed by atoms with E-state index in [4.69, 9.17) is 0 Å². The monoisotopic (exact) mass is 371 g/mol. The van der Waals surface area contributed by atoms with E-state index >= 15 is 0 Å². The van der Waals surface area contributed by atoms with Crippen molar-refractivity contribution in [1.29, 1.82) is 0 Å². The highest BCUT2D eigenvalue weighted by atomic mass is 16.2. The molecule has 1 atom stereocenters. The summed E-state index contributed by atoms with van der Waals surface area (Å²) in [4.78, 5) is 30.7. The Bertz CT molecular complexity index is 824. The molecule has 9 heteroatoms. The lowest BCUT2D eigenvalue weighted by atomic mass is 9.94. The fourth-order valence-electron chi connectivity index (χ4n) is 3.98. The number of amides is 1. The van der Waals surface area contributed by atoms with Crippen LogP contribution in [0.5, 0.6) is 0 Å². The van der Waals surface area contributed by atoms with Crippen molar-refractivity contribution >= 4 is 5.91 Å². The van der Waals surface area contributed by atoms with E-state index in [0.29, 0.717) is 18.3 Å². The molecule has 144 valence electrons. The zero-order valence-electron chi connectivity index (χ0n) is 15.3. The molecule has 27 heavy (non-hydrogen) atoms. The van der Waals surface area contributed by atoms with Gasteiger partial charge in [-0.25, -0.2) is 14.3 Å². The number of hydrogen-bond acceptors (Lipinski definition) is 6. The highest BCUT2D eigenvalue weighted by Gasteiger charge is 2.30. The molecule has 1 unspecified atom stereocenters. The maximum Gasteiger partial charge on any atom is 0.266 e. The van der Waals surface area contributed by atoms with Crippen molar-refractivity contribution in [1.82, 2.24) is 34.8 Å². The molecule has 0 aliphatic carbocycles. The molecule has 2 fully saturated rings. The molecule has 0 aromatic carbocycles. The SMILES string of the molecule is O=C1NCCCCC1N1CCC(Cn2nc(-n3cncn3)ccc2=O)CC1. The Morgan fingerprint density at radius 3 is 2.74 bits per heavy atom. The molecule has 4 heterocycles. The van der Waals surface area contributed by atoms with Gasteiger partial charge >= 0.3 is 0 Å². The van der Waals surface area contributed by atoms with E-state index in [1.165, 1.54) is 17.1 Å². The van der Waals surface area contributed by atoms with E-state index in [9.17, 15) is 9.59 Å². The average molecular weight is 371 g/mol. The summed E-state index contributed by atoms with van der Waals surface area (Å²) in [5, 5.41) is 11.5. The first-order chi connectivity index (χ1) is 13.2. The fourth-order valence-corrected chi connectivity index (χ4v) is 3.98. The maximum absolute atomic E-state index is 12.3. The Morgan fingerprint density at radius 2 is 1.96 bits per heavy atom. The summed E-state index contributed by atoms with van der Waals surface area (Å²) in [6.45, 7) is 3.16. The third-order valence-corrected chi connectivity index (χ3v) is 5.53. The van der Waals surface area contributed by atoms with Crippen LogP contribution >= 0.6 is 0 Å². The molecular formula is C18H25N7O2. The number of likely N-dealkylation sites (tertiary alicyclic amines) is 1. The number of aromatic nitrogens is 5. The second kappa shape index (κ2) is 7.99. The molecule has 1 N–H and O–H groups in total. The lowest BCUT2D eigenvalue weighted by molar-refractivity contribution is -0.126. The Labute approximate surface area is 157 Å². The van der Waals surface area contributed by atoms with Crippen molar-refractivity contribution in [2.75, 3.05) is 19.6 Å². The van der Waals surface area contributed by atoms with Gasteiger partial charge < -0.3 is 5.32 Å². The van der Waals surface area contributed by atoms with Crippen LogP contribution in [0, 0.1) is 5.92 Å². The van der Waals surface area contributed by atoms with Crippen LogP contribution in [0.1, 0.15) is 32.1 Å². The van der Waals surface area contributed by atoms with Crippen LogP contribution < -0.4 is 10.9 Å². The van der Waals surface area contributed by atoms with Crippen molar-refractivity contribution < 1.29 is 4.79 Å². The lowest BCUT2D eigenvalue weighted by Gasteiger charge is -2.36. The summed E-state index contributed by atoms with van der Waals surface area (Å²) < 4.78 is 3.07. The van der Waals surface area contributed by atoms with Gasteiger partial charge in [0, 0.05) is 19.2 Å². The molecule has 9 nitrogen and oxygen atoms in total. The number of rotatable bonds is 4. The summed E-state index contributed by atoms with van der Waals surface area (Å²) >= 11 is 0. The van der Waals surface area contributed by atoms with Gasteiger partial charge in [0.15, 0.2) is 5.82 Å². The van der Waals surface area contributed by atoms with Gasteiger partial charge in [-0.15, -0.1) is 5.10 Å². The summed E-state index contributed by atoms with van der Waals surface area (Å²) in [5.41, 5.74) is -0.107. The summed E-state index contributed by atoms with van der Waals surface area (Å²) in [6, 6.07) is 3.18. The third-order valence-electron chi connectivity index (χ3n) is 5.53. The highest BCUT2D eigenvalue weighted by Crippen LogP contribution is 2.23. The molecule has 0 radical (unpaired) electrons. The standard InChI is InChI=1S/C18H25N7O2/c26-17-5-4-16(25-13-19-12-21-25)22-24(17)11-14-6-9-23(10-7-14)15-3-1-2-8-20-18(15)27/h4-5,12-15H,1-3,6-11H2,(H,20,27). The molecule has 2 aromatic heterocycles. The molecule has 0 bridgehead atoms. The van der Waals surface area contributed by atoms with E-state index in [0.717, 1.165) is 51.7 Å². The number of carbonyl (C=O) groups is 1. The number of nitrogens with one attached hydrogen (secondary N) is 1. The van der Waals surface area contributed by atoms with Crippen LogP contribution in [0.4, 0.5) is 0 Å². The van der Waals surface area contributed by atoms with Gasteiger partial charge in [0.05, 0.1) is 6.04 Å². The van der Waals surface area contributed by atoms with Gasteiger partial charge in [-0.1, -0.05) is 0 Å². The Hall–Kier alpha value is -2.55. The van der Waals surface area contributed by atoms with Gasteiger partial charge in [0.1, 0.15) is 12.7 Å². The van der Waals surface area contributed by atoms with Gasteiger partial charge in [-0.05, 0) is 57.2 Å². The number of carbonyl (C=O) groups excluding carboxylic acids is 1. The first-order valence-corrected chi connectivity index (χ1v) is 9.65. The Morgan fingerprint density at radius 1 is 1.11 bits per heavy atom. The Balaban J connectivity index is 1.39. The minimum absolute atomic E-state index is 0.00457. The lowest BCUT2D eigenvalue weighted by Crippen LogP contribution is -2.49. The normalized spacial score (nSPS) is 22.4. The van der Waals surface area contributed by atoms with E-state index in [1.54, 1.807) is 17.1 Å². The molecule has 2 aliphatic rings. The topological polar surface area (TPSA) is 97.9 Å². The second-order valence-electron chi connectivity index (χ2n) is 7.33. The zero-order valence-corrected chi connectivity index (χ0v) is 15.3. The number of hydrogen-bond donors (Lipinski definition) is 1. The second-order valence-corrected chi connectivity index (χ2v) is 7.33. The van der Waals surface area contributed by atoms with Crippen molar-refractivity contribution in [2.45, 2.75) is 44.7 Å². The van der Waals surface area contributed by atoms with Crippen LogP contribution in [-0.4, -0.2) is 61.0 Å². The maximum atomic E-state index is 12.3. The molecule has 2 aliphatic heterocycles. The minimum Gasteiger partial charge on any atom is -0.355 e. The predicted molar refractivity (Wildman–Crippen MR) is 98.4 cm³/mol. The van der Waals surface area contributed by atoms with E-state index < -0.39 is 0 Å². The van der Waals surface area contributed by atoms with Crippen LogP contribution in [0.3, 0.4) is 0 Å². The summed E-state index contributed by atoms with van der Waals surface area (Å²) in [7, 11) is 0. The van der Waals surface area contributed by atoms with E-state index in [2.05, 4.69) is 25.4 Å². The molecular weight excluding hydrogens is 346 g/mol. The summed E-state index contributed by atoms with van der Waals surface area (Å²) in [6.07, 6.45) is 8.03. The van der Waals surface area contributed by atoms with Gasteiger partial charge in [-0.3, -0.25) is 14.5 Å². The third kappa shape index (κ3) is 4.08. The molecule has 1 amide bonds. The number of piperidine rings is 1. The number of nitrogens with zero attached hydrogens (tertiary/aromatic N) is 6. The van der Waals surface area contributed by atoms with Crippen molar-refractivity contribution in [3.05, 3.63) is 35.1 Å². The van der Waals surface area contributed by atoms with Crippen LogP contribution in [0.25, 0.3) is 5.82 Å². The van der Waals surface area contributed by atoms with Crippen molar-refractivity contribution in [3.8, 4) is 5.82 Å². The smallest absolute Gasteiger partial charge is 0.266 e. The molecule has 2 aromatic rings. The van der Waals surface area contributed by atoms with Crippen molar-refractivity contribution in [3.63, 3.8) is 0 Å². The largest absolute Gasteiger partial charge is 0.355 e. The van der Waals surface area contributed by atoms with Crippen molar-refractivity contribution in [2.24, 2.45) is 5.92 Å². The van der Waals surface area contributed by atoms with Gasteiger partial charge in [-0.2, -0.15) is 5.10 Å². The first kappa shape index (κ1) is 17.8. The molecule has 0 saturated carbocycles. The first-order valence-electron chi connectivity index (χ1n) is 9.65. The van der Waals surface area contributed by atoms with Crippen LogP contribution in [0.15, 0.2) is 29.6 Å². The average Bonchev–Trinajstić information content (AvgIpc) is 3.13. The van der Waals surface area contributed by atoms with E-state index in [1.807, 2.05) is 0 Å².